The number of hydrogen-bond acceptors (Lipinski definition) is 6. The van der Waals surface area contributed by atoms with Crippen molar-refractivity contribution in [2.75, 3.05) is 23.7 Å². The van der Waals surface area contributed by atoms with Crippen LogP contribution in [0.4, 0.5) is 11.8 Å². The van der Waals surface area contributed by atoms with E-state index in [1.165, 1.54) is 76.3 Å². The third kappa shape index (κ3) is 5.11. The number of pyridine rings is 1. The summed E-state index contributed by atoms with van der Waals surface area (Å²) in [5.41, 5.74) is 3.81. The Kier molecular flexibility index (Phi) is 7.14. The van der Waals surface area contributed by atoms with Gasteiger partial charge in [0, 0.05) is 38.1 Å². The van der Waals surface area contributed by atoms with Crippen molar-refractivity contribution >= 4 is 11.8 Å². The van der Waals surface area contributed by atoms with Gasteiger partial charge in [0.15, 0.2) is 0 Å². The Balaban J connectivity index is 1.11. The smallest absolute Gasteiger partial charge is 0.224 e. The van der Waals surface area contributed by atoms with Crippen LogP contribution in [0.5, 0.6) is 0 Å². The highest BCUT2D eigenvalue weighted by Gasteiger charge is 2.57. The highest BCUT2D eigenvalue weighted by molar-refractivity contribution is 5.73. The summed E-state index contributed by atoms with van der Waals surface area (Å²) in [7, 11) is 0. The van der Waals surface area contributed by atoms with E-state index in [4.69, 9.17) is 9.97 Å². The van der Waals surface area contributed by atoms with E-state index in [0.29, 0.717) is 17.4 Å². The molecule has 0 aromatic carbocycles. The molecular weight excluding hydrogens is 444 g/mol. The summed E-state index contributed by atoms with van der Waals surface area (Å²) < 4.78 is 0. The monoisotopic (exact) mass is 488 g/mol. The van der Waals surface area contributed by atoms with Crippen LogP contribution in [0, 0.1) is 23.2 Å². The van der Waals surface area contributed by atoms with Gasteiger partial charge in [-0.05, 0) is 86.2 Å². The molecule has 5 fully saturated rings. The molecule has 2 heterocycles. The van der Waals surface area contributed by atoms with Gasteiger partial charge >= 0.3 is 0 Å². The quantitative estimate of drug-likeness (QED) is 0.317. The molecule has 2 atom stereocenters. The molecule has 36 heavy (non-hydrogen) atoms. The summed E-state index contributed by atoms with van der Waals surface area (Å²) in [6.07, 6.45) is 20.1. The second-order valence-electron chi connectivity index (χ2n) is 12.3. The third-order valence-corrected chi connectivity index (χ3v) is 9.61. The average Bonchev–Trinajstić information content (AvgIpc) is 3.28. The van der Waals surface area contributed by atoms with Crippen LogP contribution in [0.25, 0.3) is 11.3 Å². The Bertz CT molecular complexity index is 1000. The van der Waals surface area contributed by atoms with E-state index in [9.17, 15) is 0 Å². The van der Waals surface area contributed by atoms with Gasteiger partial charge < -0.3 is 16.0 Å². The molecule has 5 aliphatic carbocycles. The maximum Gasteiger partial charge on any atom is 0.224 e. The summed E-state index contributed by atoms with van der Waals surface area (Å²) in [5, 5.41) is 10.9. The van der Waals surface area contributed by atoms with Crippen LogP contribution in [0.2, 0.25) is 0 Å². The van der Waals surface area contributed by atoms with E-state index in [0.717, 1.165) is 60.8 Å². The van der Waals surface area contributed by atoms with Gasteiger partial charge in [0.05, 0.1) is 11.3 Å². The maximum atomic E-state index is 4.89. The minimum absolute atomic E-state index is 0.486. The first-order valence-corrected chi connectivity index (χ1v) is 14.7. The van der Waals surface area contributed by atoms with Crippen molar-refractivity contribution in [1.82, 2.24) is 20.3 Å². The maximum absolute atomic E-state index is 4.89. The highest BCUT2D eigenvalue weighted by Crippen LogP contribution is 2.65. The van der Waals surface area contributed by atoms with Crippen molar-refractivity contribution in [2.24, 2.45) is 23.2 Å². The van der Waals surface area contributed by atoms with Crippen LogP contribution >= 0.6 is 0 Å². The number of rotatable bonds is 11. The largest absolute Gasteiger partial charge is 0.367 e. The number of hydrogen-bond donors (Lipinski definition) is 3. The molecule has 0 spiro atoms. The average molecular weight is 489 g/mol. The molecule has 0 amide bonds. The minimum Gasteiger partial charge on any atom is -0.367 e. The van der Waals surface area contributed by atoms with Crippen LogP contribution < -0.4 is 16.0 Å². The van der Waals surface area contributed by atoms with Crippen molar-refractivity contribution in [1.29, 1.82) is 0 Å². The Morgan fingerprint density at radius 2 is 1.81 bits per heavy atom. The summed E-state index contributed by atoms with van der Waals surface area (Å²) in [6, 6.07) is 4.86. The van der Waals surface area contributed by atoms with Crippen LogP contribution in [-0.2, 0) is 6.54 Å². The van der Waals surface area contributed by atoms with Gasteiger partial charge in [-0.2, -0.15) is 4.98 Å². The second kappa shape index (κ2) is 10.6. The molecule has 5 aliphatic rings. The minimum atomic E-state index is 0.486. The molecule has 6 nitrogen and oxygen atoms in total. The number of nitrogens with zero attached hydrogens (tertiary/aromatic N) is 3. The molecule has 6 heteroatoms. The fraction of sp³-hybridized carbons (Fsp3) is 0.700. The molecule has 0 saturated heterocycles. The van der Waals surface area contributed by atoms with E-state index in [1.807, 2.05) is 12.4 Å². The molecule has 2 unspecified atom stereocenters. The first-order chi connectivity index (χ1) is 17.7. The van der Waals surface area contributed by atoms with E-state index in [2.05, 4.69) is 40.0 Å². The Hall–Kier alpha value is -2.21. The van der Waals surface area contributed by atoms with Gasteiger partial charge in [-0.25, -0.2) is 4.98 Å². The predicted molar refractivity (Wildman–Crippen MR) is 147 cm³/mol. The third-order valence-electron chi connectivity index (χ3n) is 9.61. The zero-order valence-electron chi connectivity index (χ0n) is 22.1. The number of nitrogens with one attached hydrogen (secondary N) is 3. The van der Waals surface area contributed by atoms with Gasteiger partial charge in [0.25, 0.3) is 0 Å². The molecule has 3 N–H and O–H groups in total. The lowest BCUT2D eigenvalue weighted by Crippen LogP contribution is -2.35. The standard InChI is InChI=1S/C30H44N6/c1-2-3-11-32-29-34-19-26(28(36-29)35-25-7-5-4-6-8-25)27-10-9-21(18-33-27)17-31-20-30-15-22-12-23(16-30)14-24(30)13-22/h9-10,18-19,22-25,31H,2-8,11-17,20H2,1H3,(H2,32,34,35,36). The lowest BCUT2D eigenvalue weighted by molar-refractivity contribution is 0.193. The molecule has 0 radical (unpaired) electrons. The van der Waals surface area contributed by atoms with Crippen LogP contribution in [0.15, 0.2) is 24.5 Å². The number of anilines is 2. The van der Waals surface area contributed by atoms with Gasteiger partial charge in [-0.3, -0.25) is 4.98 Å². The van der Waals surface area contributed by atoms with E-state index in [1.54, 1.807) is 0 Å². The fourth-order valence-electron chi connectivity index (χ4n) is 7.98. The molecule has 7 rings (SSSR count). The first kappa shape index (κ1) is 24.1. The van der Waals surface area contributed by atoms with Crippen molar-refractivity contribution in [3.8, 4) is 11.3 Å². The van der Waals surface area contributed by atoms with Crippen molar-refractivity contribution in [3.05, 3.63) is 30.1 Å². The summed E-state index contributed by atoms with van der Waals surface area (Å²) in [6.45, 7) is 5.19. The lowest BCUT2D eigenvalue weighted by Gasteiger charge is -2.33. The fourth-order valence-corrected chi connectivity index (χ4v) is 7.98. The molecule has 2 aromatic rings. The second-order valence-corrected chi connectivity index (χ2v) is 12.3. The van der Waals surface area contributed by atoms with E-state index < -0.39 is 0 Å². The SMILES string of the molecule is CCCCNc1ncc(-c2ccc(CNCC34CC5CC(CC3C5)C4)cn2)c(NC2CCCCC2)n1. The summed E-state index contributed by atoms with van der Waals surface area (Å²) in [5.74, 6) is 4.67. The molecule has 5 saturated carbocycles. The summed E-state index contributed by atoms with van der Waals surface area (Å²) >= 11 is 0. The van der Waals surface area contributed by atoms with Gasteiger partial charge in [-0.15, -0.1) is 0 Å². The van der Waals surface area contributed by atoms with Crippen LogP contribution in [0.1, 0.15) is 89.5 Å². The predicted octanol–water partition coefficient (Wildman–Crippen LogP) is 6.41. The van der Waals surface area contributed by atoms with E-state index >= 15 is 0 Å². The normalized spacial score (nSPS) is 29.1. The lowest BCUT2D eigenvalue weighted by atomic mass is 9.75. The van der Waals surface area contributed by atoms with Gasteiger partial charge in [-0.1, -0.05) is 38.7 Å². The summed E-state index contributed by atoms with van der Waals surface area (Å²) in [4.78, 5) is 14.4. The zero-order chi connectivity index (χ0) is 24.4. The topological polar surface area (TPSA) is 74.8 Å². The van der Waals surface area contributed by atoms with Crippen molar-refractivity contribution < 1.29 is 0 Å². The Morgan fingerprint density at radius 3 is 2.56 bits per heavy atom. The van der Waals surface area contributed by atoms with Crippen LogP contribution in [0.3, 0.4) is 0 Å². The Morgan fingerprint density at radius 1 is 0.972 bits per heavy atom. The molecule has 194 valence electrons. The number of unbranched alkanes of at least 4 members (excludes halogenated alkanes) is 1. The van der Waals surface area contributed by atoms with E-state index in [-0.39, 0.29) is 0 Å². The first-order valence-electron chi connectivity index (χ1n) is 14.7. The zero-order valence-corrected chi connectivity index (χ0v) is 22.1. The van der Waals surface area contributed by atoms with Crippen molar-refractivity contribution in [3.63, 3.8) is 0 Å². The van der Waals surface area contributed by atoms with Gasteiger partial charge in [0.1, 0.15) is 5.82 Å². The van der Waals surface area contributed by atoms with Crippen LogP contribution in [-0.4, -0.2) is 34.1 Å². The Labute approximate surface area is 216 Å². The van der Waals surface area contributed by atoms with Crippen molar-refractivity contribution in [2.45, 2.75) is 96.6 Å². The van der Waals surface area contributed by atoms with Gasteiger partial charge in [0.2, 0.25) is 5.95 Å². The molecule has 0 aliphatic heterocycles. The molecular formula is C30H44N6. The molecule has 4 bridgehead atoms. The highest BCUT2D eigenvalue weighted by atomic mass is 15.1. The molecule has 2 aromatic heterocycles. The number of aromatic nitrogens is 3.